The molecule has 29 heavy (non-hydrogen) atoms. The molecule has 4 rings (SSSR count). The number of aldehydes is 1. The summed E-state index contributed by atoms with van der Waals surface area (Å²) in [6.07, 6.45) is 1.39. The summed E-state index contributed by atoms with van der Waals surface area (Å²) in [5.41, 5.74) is 1.52. The highest BCUT2D eigenvalue weighted by atomic mass is 35.5. The molecule has 0 bridgehead atoms. The van der Waals surface area contributed by atoms with Crippen molar-refractivity contribution in [2.75, 3.05) is 11.9 Å². The van der Waals surface area contributed by atoms with Crippen LogP contribution in [0.25, 0.3) is 0 Å². The summed E-state index contributed by atoms with van der Waals surface area (Å²) in [4.78, 5) is 37.9. The molecule has 1 fully saturated rings. The number of para-hydroxylation sites is 1. The van der Waals surface area contributed by atoms with E-state index in [-0.39, 0.29) is 30.8 Å². The van der Waals surface area contributed by atoms with Crippen molar-refractivity contribution >= 4 is 35.5 Å². The third-order valence-electron chi connectivity index (χ3n) is 6.20. The summed E-state index contributed by atoms with van der Waals surface area (Å²) < 4.78 is 5.13. The average molecular weight is 412 g/mol. The fourth-order valence-corrected chi connectivity index (χ4v) is 5.36. The van der Waals surface area contributed by atoms with Crippen LogP contribution in [-0.4, -0.2) is 24.8 Å². The van der Waals surface area contributed by atoms with Crippen molar-refractivity contribution in [2.45, 2.75) is 31.1 Å². The maximum atomic E-state index is 13.4. The van der Waals surface area contributed by atoms with Crippen LogP contribution in [0.3, 0.4) is 0 Å². The second kappa shape index (κ2) is 7.64. The molecule has 4 atom stereocenters. The Morgan fingerprint density at radius 3 is 2.79 bits per heavy atom. The summed E-state index contributed by atoms with van der Waals surface area (Å²) in [5.74, 6) is -1.70. The van der Waals surface area contributed by atoms with Gasteiger partial charge in [-0.2, -0.15) is 0 Å². The quantitative estimate of drug-likeness (QED) is 0.593. The molecule has 5 nitrogen and oxygen atoms in total. The molecule has 150 valence electrons. The molecule has 1 amide bonds. The van der Waals surface area contributed by atoms with E-state index >= 15 is 0 Å². The minimum Gasteiger partial charge on any atom is -0.466 e. The number of fused-ring (bicyclic) bond motifs is 2. The van der Waals surface area contributed by atoms with E-state index in [1.165, 1.54) is 0 Å². The number of carbonyl (C=O) groups is 3. The van der Waals surface area contributed by atoms with Crippen LogP contribution in [0.5, 0.6) is 0 Å². The first-order valence-corrected chi connectivity index (χ1v) is 10.2. The fourth-order valence-electron chi connectivity index (χ4n) is 5.16. The van der Waals surface area contributed by atoms with Gasteiger partial charge >= 0.3 is 5.97 Å². The van der Waals surface area contributed by atoms with Crippen LogP contribution in [-0.2, 0) is 24.5 Å². The standard InChI is InChI=1S/C23H22ClNO4/c1-2-29-20(27)11-15-12-23(18-8-3-4-9-19(18)25-22(23)28)21(17(15)13-26)14-6-5-7-16(24)10-14/h3-10,13,15,17,21H,2,11-12H2,1H3,(H,25,28)/t15-,17+,21-,23-/m1/s1. The highest BCUT2D eigenvalue weighted by Gasteiger charge is 2.62. The maximum absolute atomic E-state index is 13.4. The molecule has 1 aliphatic heterocycles. The first-order chi connectivity index (χ1) is 14.0. The van der Waals surface area contributed by atoms with Gasteiger partial charge in [0.2, 0.25) is 5.91 Å². The maximum Gasteiger partial charge on any atom is 0.306 e. The molecule has 1 heterocycles. The van der Waals surface area contributed by atoms with Crippen LogP contribution in [0.1, 0.15) is 36.8 Å². The smallest absolute Gasteiger partial charge is 0.306 e. The van der Waals surface area contributed by atoms with Gasteiger partial charge in [0.05, 0.1) is 12.0 Å². The number of esters is 1. The van der Waals surface area contributed by atoms with E-state index < -0.39 is 17.3 Å². The van der Waals surface area contributed by atoms with Crippen molar-refractivity contribution in [3.63, 3.8) is 0 Å². The summed E-state index contributed by atoms with van der Waals surface area (Å²) in [6, 6.07) is 14.9. The molecule has 0 aromatic heterocycles. The Labute approximate surface area is 174 Å². The van der Waals surface area contributed by atoms with Crippen LogP contribution >= 0.6 is 11.6 Å². The molecule has 1 saturated carbocycles. The van der Waals surface area contributed by atoms with E-state index in [0.29, 0.717) is 11.4 Å². The number of carbonyl (C=O) groups excluding carboxylic acids is 3. The normalized spacial score (nSPS) is 27.5. The van der Waals surface area contributed by atoms with E-state index in [4.69, 9.17) is 16.3 Å². The van der Waals surface area contributed by atoms with Crippen molar-refractivity contribution in [1.82, 2.24) is 0 Å². The van der Waals surface area contributed by atoms with E-state index in [9.17, 15) is 14.4 Å². The third kappa shape index (κ3) is 3.14. The Bertz CT molecular complexity index is 975. The van der Waals surface area contributed by atoms with Crippen LogP contribution in [0.2, 0.25) is 5.02 Å². The van der Waals surface area contributed by atoms with E-state index in [0.717, 1.165) is 23.1 Å². The van der Waals surface area contributed by atoms with Gasteiger partial charge in [0.25, 0.3) is 0 Å². The summed E-state index contributed by atoms with van der Waals surface area (Å²) in [6.45, 7) is 2.03. The molecule has 2 aromatic carbocycles. The molecule has 0 saturated heterocycles. The van der Waals surface area contributed by atoms with Gasteiger partial charge in [-0.25, -0.2) is 0 Å². The van der Waals surface area contributed by atoms with Crippen molar-refractivity contribution in [3.8, 4) is 0 Å². The minimum atomic E-state index is -0.927. The number of anilines is 1. The van der Waals surface area contributed by atoms with Crippen LogP contribution in [0, 0.1) is 11.8 Å². The van der Waals surface area contributed by atoms with Gasteiger partial charge in [-0.15, -0.1) is 0 Å². The number of amides is 1. The number of hydrogen-bond donors (Lipinski definition) is 1. The monoisotopic (exact) mass is 411 g/mol. The van der Waals surface area contributed by atoms with Gasteiger partial charge in [0, 0.05) is 29.0 Å². The number of nitrogens with one attached hydrogen (secondary N) is 1. The van der Waals surface area contributed by atoms with Gasteiger partial charge in [-0.05, 0) is 48.6 Å². The summed E-state index contributed by atoms with van der Waals surface area (Å²) in [7, 11) is 0. The molecular weight excluding hydrogens is 390 g/mol. The van der Waals surface area contributed by atoms with Crippen molar-refractivity contribution in [3.05, 3.63) is 64.7 Å². The van der Waals surface area contributed by atoms with Crippen molar-refractivity contribution in [2.24, 2.45) is 11.8 Å². The second-order valence-corrected chi connectivity index (χ2v) is 8.13. The summed E-state index contributed by atoms with van der Waals surface area (Å²) >= 11 is 6.24. The molecule has 2 aromatic rings. The molecule has 1 aliphatic carbocycles. The minimum absolute atomic E-state index is 0.103. The highest BCUT2D eigenvalue weighted by molar-refractivity contribution is 6.30. The lowest BCUT2D eigenvalue weighted by Gasteiger charge is -2.31. The SMILES string of the molecule is CCOC(=O)C[C@@H]1C[C@]2(C(=O)Nc3ccccc32)[C@H](c2cccc(Cl)c2)[C@H]1C=O. The first-order valence-electron chi connectivity index (χ1n) is 9.78. The number of benzene rings is 2. The van der Waals surface area contributed by atoms with Gasteiger partial charge in [0.1, 0.15) is 6.29 Å². The van der Waals surface area contributed by atoms with E-state index in [1.54, 1.807) is 13.0 Å². The molecule has 2 aliphatic rings. The van der Waals surface area contributed by atoms with Gasteiger partial charge in [-0.3, -0.25) is 9.59 Å². The zero-order chi connectivity index (χ0) is 20.6. The number of rotatable bonds is 5. The fraction of sp³-hybridized carbons (Fsp3) is 0.348. The molecule has 6 heteroatoms. The third-order valence-corrected chi connectivity index (χ3v) is 6.44. The average Bonchev–Trinajstić information content (AvgIpc) is 3.17. The van der Waals surface area contributed by atoms with Crippen LogP contribution in [0.15, 0.2) is 48.5 Å². The largest absolute Gasteiger partial charge is 0.466 e. The lowest BCUT2D eigenvalue weighted by atomic mass is 9.68. The van der Waals surface area contributed by atoms with Gasteiger partial charge in [-0.1, -0.05) is 41.9 Å². The Balaban J connectivity index is 1.87. The predicted molar refractivity (Wildman–Crippen MR) is 110 cm³/mol. The molecular formula is C23H22ClNO4. The second-order valence-electron chi connectivity index (χ2n) is 7.69. The predicted octanol–water partition coefficient (Wildman–Crippen LogP) is 4.10. The Kier molecular flexibility index (Phi) is 5.17. The van der Waals surface area contributed by atoms with Crippen LogP contribution in [0.4, 0.5) is 5.69 Å². The molecule has 0 unspecified atom stereocenters. The van der Waals surface area contributed by atoms with Gasteiger partial charge < -0.3 is 14.8 Å². The Morgan fingerprint density at radius 1 is 1.28 bits per heavy atom. The van der Waals surface area contributed by atoms with Gasteiger partial charge in [0.15, 0.2) is 0 Å². The van der Waals surface area contributed by atoms with Crippen molar-refractivity contribution < 1.29 is 19.1 Å². The zero-order valence-electron chi connectivity index (χ0n) is 16.1. The topological polar surface area (TPSA) is 72.5 Å². The highest BCUT2D eigenvalue weighted by Crippen LogP contribution is 2.61. The lowest BCUT2D eigenvalue weighted by molar-refractivity contribution is -0.144. The molecule has 1 N–H and O–H groups in total. The Morgan fingerprint density at radius 2 is 2.07 bits per heavy atom. The first kappa shape index (κ1) is 19.6. The molecule has 1 spiro atoms. The lowest BCUT2D eigenvalue weighted by Crippen LogP contribution is -2.38. The number of halogens is 1. The number of hydrogen-bond acceptors (Lipinski definition) is 4. The Hall–Kier alpha value is -2.66. The summed E-state index contributed by atoms with van der Waals surface area (Å²) in [5, 5.41) is 3.53. The molecule has 0 radical (unpaired) electrons. The van der Waals surface area contributed by atoms with E-state index in [2.05, 4.69) is 5.32 Å². The van der Waals surface area contributed by atoms with Crippen LogP contribution < -0.4 is 5.32 Å². The zero-order valence-corrected chi connectivity index (χ0v) is 16.8. The number of ether oxygens (including phenoxy) is 1. The van der Waals surface area contributed by atoms with E-state index in [1.807, 2.05) is 42.5 Å². The van der Waals surface area contributed by atoms with Crippen molar-refractivity contribution in [1.29, 1.82) is 0 Å².